The van der Waals surface area contributed by atoms with Crippen molar-refractivity contribution < 1.29 is 9.47 Å². The van der Waals surface area contributed by atoms with Crippen LogP contribution in [0.1, 0.15) is 63.0 Å². The van der Waals surface area contributed by atoms with Gasteiger partial charge in [-0.15, -0.1) is 24.0 Å². The monoisotopic (exact) mass is 515 g/mol. The second-order valence-corrected chi connectivity index (χ2v) is 8.33. The summed E-state index contributed by atoms with van der Waals surface area (Å²) in [5, 5.41) is 6.96. The third kappa shape index (κ3) is 8.06. The van der Waals surface area contributed by atoms with E-state index in [2.05, 4.69) is 55.7 Å². The summed E-state index contributed by atoms with van der Waals surface area (Å²) in [7, 11) is 0. The molecule has 1 aromatic carbocycles. The van der Waals surface area contributed by atoms with Gasteiger partial charge in [0, 0.05) is 44.2 Å². The van der Waals surface area contributed by atoms with Crippen LogP contribution < -0.4 is 10.6 Å². The average molecular weight is 515 g/mol. The lowest BCUT2D eigenvalue weighted by molar-refractivity contribution is 0.0893. The van der Waals surface area contributed by atoms with Crippen LogP contribution in [0, 0.1) is 5.92 Å². The predicted octanol–water partition coefficient (Wildman–Crippen LogP) is 4.28. The van der Waals surface area contributed by atoms with Crippen LogP contribution >= 0.6 is 24.0 Å². The van der Waals surface area contributed by atoms with Crippen LogP contribution in [0.2, 0.25) is 0 Å². The van der Waals surface area contributed by atoms with Crippen molar-refractivity contribution >= 4 is 29.9 Å². The molecular formula is C23H38IN3O2. The summed E-state index contributed by atoms with van der Waals surface area (Å²) >= 11 is 0. The van der Waals surface area contributed by atoms with Crippen LogP contribution in [-0.4, -0.2) is 51.5 Å². The number of aliphatic imine (C=N–C) groups is 1. The maximum absolute atomic E-state index is 5.76. The molecule has 1 saturated heterocycles. The number of rotatable bonds is 10. The fourth-order valence-electron chi connectivity index (χ4n) is 3.67. The second kappa shape index (κ2) is 12.7. The summed E-state index contributed by atoms with van der Waals surface area (Å²) in [6.07, 6.45) is 3.27. The number of nitrogens with zero attached hydrogens (tertiary/aromatic N) is 1. The van der Waals surface area contributed by atoms with E-state index in [1.165, 1.54) is 17.5 Å². The van der Waals surface area contributed by atoms with Crippen molar-refractivity contribution in [3.05, 3.63) is 35.4 Å². The van der Waals surface area contributed by atoms with Gasteiger partial charge in [0.15, 0.2) is 5.96 Å². The minimum Gasteiger partial charge on any atom is -0.381 e. The van der Waals surface area contributed by atoms with Gasteiger partial charge in [0.1, 0.15) is 0 Å². The highest BCUT2D eigenvalue weighted by atomic mass is 127. The number of benzene rings is 1. The fraction of sp³-hybridized carbons (Fsp3) is 0.696. The molecule has 3 atom stereocenters. The third-order valence-electron chi connectivity index (χ3n) is 5.58. The first kappa shape index (κ1) is 24.4. The summed E-state index contributed by atoms with van der Waals surface area (Å²) < 4.78 is 11.1. The lowest BCUT2D eigenvalue weighted by atomic mass is 10.0. The zero-order valence-corrected chi connectivity index (χ0v) is 20.5. The van der Waals surface area contributed by atoms with Gasteiger partial charge >= 0.3 is 0 Å². The first-order valence-corrected chi connectivity index (χ1v) is 11.0. The SMILES string of the molecule is CCNC(=NCCCOCC1CCOC1)NC1CC1c1ccc(C(C)C)cc1.I. The molecule has 1 aliphatic carbocycles. The van der Waals surface area contributed by atoms with E-state index in [0.717, 1.165) is 58.3 Å². The van der Waals surface area contributed by atoms with Gasteiger partial charge in [-0.2, -0.15) is 0 Å². The van der Waals surface area contributed by atoms with E-state index in [-0.39, 0.29) is 24.0 Å². The number of hydrogen-bond acceptors (Lipinski definition) is 3. The summed E-state index contributed by atoms with van der Waals surface area (Å²) in [6.45, 7) is 11.6. The molecule has 0 radical (unpaired) electrons. The molecule has 1 aromatic rings. The Labute approximate surface area is 193 Å². The molecule has 2 aliphatic rings. The van der Waals surface area contributed by atoms with E-state index in [0.29, 0.717) is 23.8 Å². The van der Waals surface area contributed by atoms with Crippen molar-refractivity contribution in [3.63, 3.8) is 0 Å². The van der Waals surface area contributed by atoms with Crippen molar-refractivity contribution in [1.82, 2.24) is 10.6 Å². The molecule has 1 heterocycles. The lowest BCUT2D eigenvalue weighted by Crippen LogP contribution is -2.39. The van der Waals surface area contributed by atoms with E-state index in [1.54, 1.807) is 0 Å². The molecule has 1 aliphatic heterocycles. The smallest absolute Gasteiger partial charge is 0.191 e. The van der Waals surface area contributed by atoms with Gasteiger partial charge < -0.3 is 20.1 Å². The molecule has 0 spiro atoms. The maximum Gasteiger partial charge on any atom is 0.191 e. The fourth-order valence-corrected chi connectivity index (χ4v) is 3.67. The number of ether oxygens (including phenoxy) is 2. The Morgan fingerprint density at radius 3 is 2.72 bits per heavy atom. The topological polar surface area (TPSA) is 54.9 Å². The summed E-state index contributed by atoms with van der Waals surface area (Å²) in [4.78, 5) is 4.72. The largest absolute Gasteiger partial charge is 0.381 e. The standard InChI is InChI=1S/C23H37N3O2.HI/c1-4-24-23(25-11-5-12-27-15-18-10-13-28-16-18)26-22-14-21(22)20-8-6-19(7-9-20)17(2)3;/h6-9,17-18,21-22H,4-5,10-16H2,1-3H3,(H2,24,25,26);1H. The van der Waals surface area contributed by atoms with Crippen LogP contribution in [0.4, 0.5) is 0 Å². The highest BCUT2D eigenvalue weighted by Crippen LogP contribution is 2.41. The van der Waals surface area contributed by atoms with Crippen LogP contribution in [-0.2, 0) is 9.47 Å². The number of guanidine groups is 1. The van der Waals surface area contributed by atoms with Gasteiger partial charge in [-0.05, 0) is 43.2 Å². The highest BCUT2D eigenvalue weighted by Gasteiger charge is 2.38. The van der Waals surface area contributed by atoms with Crippen molar-refractivity contribution in [2.75, 3.05) is 39.5 Å². The van der Waals surface area contributed by atoms with Gasteiger partial charge in [0.25, 0.3) is 0 Å². The zero-order chi connectivity index (χ0) is 19.8. The summed E-state index contributed by atoms with van der Waals surface area (Å²) in [5.41, 5.74) is 2.84. The minimum atomic E-state index is 0. The van der Waals surface area contributed by atoms with Gasteiger partial charge in [-0.1, -0.05) is 38.1 Å². The summed E-state index contributed by atoms with van der Waals surface area (Å²) in [5.74, 6) is 2.70. The Morgan fingerprint density at radius 1 is 1.28 bits per heavy atom. The Bertz CT molecular complexity index is 615. The van der Waals surface area contributed by atoms with Crippen LogP contribution in [0.15, 0.2) is 29.3 Å². The number of hydrogen-bond donors (Lipinski definition) is 2. The molecule has 6 heteroatoms. The molecule has 164 valence electrons. The molecule has 3 unspecified atom stereocenters. The molecule has 3 rings (SSSR count). The molecule has 29 heavy (non-hydrogen) atoms. The Balaban J connectivity index is 0.00000300. The summed E-state index contributed by atoms with van der Waals surface area (Å²) in [6, 6.07) is 9.61. The van der Waals surface area contributed by atoms with Gasteiger partial charge in [-0.3, -0.25) is 4.99 Å². The maximum atomic E-state index is 5.76. The van der Waals surface area contributed by atoms with Crippen LogP contribution in [0.5, 0.6) is 0 Å². The predicted molar refractivity (Wildman–Crippen MR) is 131 cm³/mol. The van der Waals surface area contributed by atoms with E-state index in [1.807, 2.05) is 0 Å². The van der Waals surface area contributed by atoms with Crippen LogP contribution in [0.25, 0.3) is 0 Å². The van der Waals surface area contributed by atoms with Gasteiger partial charge in [0.05, 0.1) is 13.2 Å². The Hall–Kier alpha value is -0.860. The van der Waals surface area contributed by atoms with Crippen molar-refractivity contribution in [3.8, 4) is 0 Å². The van der Waals surface area contributed by atoms with Crippen LogP contribution in [0.3, 0.4) is 0 Å². The lowest BCUT2D eigenvalue weighted by Gasteiger charge is -2.12. The molecule has 1 saturated carbocycles. The number of nitrogens with one attached hydrogen (secondary N) is 2. The molecule has 5 nitrogen and oxygen atoms in total. The van der Waals surface area contributed by atoms with E-state index < -0.39 is 0 Å². The molecule has 0 amide bonds. The van der Waals surface area contributed by atoms with E-state index in [4.69, 9.17) is 14.5 Å². The average Bonchev–Trinajstić information content (AvgIpc) is 3.26. The van der Waals surface area contributed by atoms with Gasteiger partial charge in [-0.25, -0.2) is 0 Å². The first-order chi connectivity index (χ1) is 13.7. The van der Waals surface area contributed by atoms with Crippen molar-refractivity contribution in [2.45, 2.75) is 57.9 Å². The normalized spacial score (nSPS) is 23.7. The Kier molecular flexibility index (Phi) is 10.7. The molecular weight excluding hydrogens is 477 g/mol. The quantitative estimate of drug-likeness (QED) is 0.212. The van der Waals surface area contributed by atoms with E-state index in [9.17, 15) is 0 Å². The molecule has 2 fully saturated rings. The minimum absolute atomic E-state index is 0. The first-order valence-electron chi connectivity index (χ1n) is 11.0. The second-order valence-electron chi connectivity index (χ2n) is 8.33. The molecule has 2 N–H and O–H groups in total. The molecule has 0 bridgehead atoms. The van der Waals surface area contributed by atoms with E-state index >= 15 is 0 Å². The number of halogens is 1. The zero-order valence-electron chi connectivity index (χ0n) is 18.2. The highest BCUT2D eigenvalue weighted by molar-refractivity contribution is 14.0. The van der Waals surface area contributed by atoms with Crippen molar-refractivity contribution in [2.24, 2.45) is 10.9 Å². The van der Waals surface area contributed by atoms with Crippen molar-refractivity contribution in [1.29, 1.82) is 0 Å². The third-order valence-corrected chi connectivity index (χ3v) is 5.58. The van der Waals surface area contributed by atoms with Gasteiger partial charge in [0.2, 0.25) is 0 Å². The molecule has 0 aromatic heterocycles. The Morgan fingerprint density at radius 2 is 2.07 bits per heavy atom.